The summed E-state index contributed by atoms with van der Waals surface area (Å²) in [6.07, 6.45) is 4.48. The molecule has 1 atom stereocenters. The summed E-state index contributed by atoms with van der Waals surface area (Å²) in [6.45, 7) is 3.01. The van der Waals surface area contributed by atoms with E-state index in [0.29, 0.717) is 0 Å². The van der Waals surface area contributed by atoms with E-state index in [1.165, 1.54) is 36.2 Å². The number of amides is 1. The van der Waals surface area contributed by atoms with Gasteiger partial charge in [-0.2, -0.15) is 4.98 Å². The fourth-order valence-electron chi connectivity index (χ4n) is 5.25. The molecule has 1 saturated heterocycles. The Morgan fingerprint density at radius 2 is 1.91 bits per heavy atom. The van der Waals surface area contributed by atoms with Gasteiger partial charge in [-0.25, -0.2) is 35.9 Å². The van der Waals surface area contributed by atoms with Gasteiger partial charge in [0.1, 0.15) is 24.0 Å². The molecule has 1 aliphatic heterocycles. The number of sulfone groups is 1. The largest absolute Gasteiger partial charge is 0.355 e. The number of alkyl halides is 1. The van der Waals surface area contributed by atoms with E-state index in [2.05, 4.69) is 15.0 Å². The van der Waals surface area contributed by atoms with Crippen molar-refractivity contribution in [2.24, 2.45) is 0 Å². The number of hydrogen-bond acceptors (Lipinski definition) is 8. The third-order valence-electron chi connectivity index (χ3n) is 7.25. The summed E-state index contributed by atoms with van der Waals surface area (Å²) in [5.41, 5.74) is -2.01. The first kappa shape index (κ1) is 31.1. The summed E-state index contributed by atoms with van der Waals surface area (Å²) in [5.74, 6) is -2.19. The summed E-state index contributed by atoms with van der Waals surface area (Å²) in [6, 6.07) is 5.60. The zero-order chi connectivity index (χ0) is 31.9. The van der Waals surface area contributed by atoms with Crippen LogP contribution in [0.1, 0.15) is 12.6 Å². The maximum atomic E-state index is 15.9. The second kappa shape index (κ2) is 12.0. The van der Waals surface area contributed by atoms with Crippen LogP contribution in [0, 0.1) is 18.6 Å². The number of hydrogen-bond donors (Lipinski definition) is 0. The molecule has 1 fully saturated rings. The lowest BCUT2D eigenvalue weighted by Crippen LogP contribution is -2.54. The van der Waals surface area contributed by atoms with E-state index >= 15 is 4.39 Å². The number of allylic oxidation sites excluding steroid dienone is 1. The highest BCUT2D eigenvalue weighted by molar-refractivity contribution is 7.90. The summed E-state index contributed by atoms with van der Waals surface area (Å²) >= 11 is 6.25. The summed E-state index contributed by atoms with van der Waals surface area (Å²) in [5, 5.41) is -0.116. The molecule has 10 nitrogen and oxygen atoms in total. The third-order valence-corrected chi connectivity index (χ3v) is 8.70. The van der Waals surface area contributed by atoms with Crippen LogP contribution in [-0.4, -0.2) is 77.4 Å². The predicted molar refractivity (Wildman–Crippen MR) is 160 cm³/mol. The van der Waals surface area contributed by atoms with Crippen molar-refractivity contribution >= 4 is 44.2 Å². The number of fused-ring (bicyclic) bond motifs is 1. The first-order valence-electron chi connectivity index (χ1n) is 13.3. The molecule has 230 valence electrons. The Balaban J connectivity index is 1.80. The summed E-state index contributed by atoms with van der Waals surface area (Å²) < 4.78 is 69.9. The van der Waals surface area contributed by atoms with Gasteiger partial charge >= 0.3 is 5.69 Å². The Kier molecular flexibility index (Phi) is 8.49. The molecule has 4 heterocycles. The molecular weight excluding hydrogens is 621 g/mol. The normalized spacial score (nSPS) is 15.8. The van der Waals surface area contributed by atoms with E-state index in [0.717, 1.165) is 35.1 Å². The Morgan fingerprint density at radius 1 is 1.16 bits per heavy atom. The van der Waals surface area contributed by atoms with Crippen molar-refractivity contribution < 1.29 is 26.4 Å². The Labute approximate surface area is 255 Å². The molecule has 4 aromatic rings. The van der Waals surface area contributed by atoms with E-state index < -0.39 is 45.6 Å². The molecule has 0 spiro atoms. The quantitative estimate of drug-likeness (QED) is 0.288. The molecule has 0 N–H and O–H groups in total. The lowest BCUT2D eigenvalue weighted by molar-refractivity contribution is -0.126. The molecule has 0 saturated carbocycles. The number of carbonyl (C=O) groups is 1. The van der Waals surface area contributed by atoms with Gasteiger partial charge in [0, 0.05) is 44.2 Å². The van der Waals surface area contributed by atoms with E-state index in [-0.39, 0.29) is 69.3 Å². The number of piperazine rings is 1. The van der Waals surface area contributed by atoms with Crippen molar-refractivity contribution in [1.29, 1.82) is 0 Å². The van der Waals surface area contributed by atoms with Gasteiger partial charge in [-0.15, -0.1) is 0 Å². The van der Waals surface area contributed by atoms with Crippen molar-refractivity contribution in [3.63, 3.8) is 0 Å². The second-order valence-corrected chi connectivity index (χ2v) is 12.6. The minimum Gasteiger partial charge on any atom is -0.350 e. The Morgan fingerprint density at radius 3 is 2.57 bits per heavy atom. The van der Waals surface area contributed by atoms with Crippen LogP contribution in [0.15, 0.2) is 58.4 Å². The van der Waals surface area contributed by atoms with Crippen molar-refractivity contribution in [2.45, 2.75) is 24.8 Å². The van der Waals surface area contributed by atoms with Crippen LogP contribution in [0.5, 0.6) is 0 Å². The van der Waals surface area contributed by atoms with Crippen LogP contribution in [-0.2, 0) is 14.6 Å². The predicted octanol–water partition coefficient (Wildman–Crippen LogP) is 4.05. The van der Waals surface area contributed by atoms with Crippen LogP contribution >= 0.6 is 11.6 Å². The van der Waals surface area contributed by atoms with Gasteiger partial charge in [-0.1, -0.05) is 17.7 Å². The maximum Gasteiger partial charge on any atom is 0.355 e. The van der Waals surface area contributed by atoms with Gasteiger partial charge in [0.2, 0.25) is 5.91 Å². The fraction of sp³-hybridized carbons (Fsp3) is 0.276. The van der Waals surface area contributed by atoms with Crippen molar-refractivity contribution in [3.05, 3.63) is 81.5 Å². The van der Waals surface area contributed by atoms with Gasteiger partial charge in [-0.3, -0.25) is 9.78 Å². The lowest BCUT2D eigenvalue weighted by Gasteiger charge is -2.40. The van der Waals surface area contributed by atoms with Crippen LogP contribution in [0.4, 0.5) is 19.0 Å². The highest BCUT2D eigenvalue weighted by Gasteiger charge is 2.31. The van der Waals surface area contributed by atoms with E-state index in [1.807, 2.05) is 0 Å². The lowest BCUT2D eigenvalue weighted by atomic mass is 10.1. The topological polar surface area (TPSA) is 118 Å². The highest BCUT2D eigenvalue weighted by Crippen LogP contribution is 2.36. The van der Waals surface area contributed by atoms with Crippen LogP contribution in [0.3, 0.4) is 0 Å². The maximum absolute atomic E-state index is 15.9. The van der Waals surface area contributed by atoms with Crippen molar-refractivity contribution in [2.75, 3.05) is 37.5 Å². The molecule has 0 bridgehead atoms. The number of benzene rings is 1. The average Bonchev–Trinajstić information content (AvgIpc) is 2.96. The third kappa shape index (κ3) is 5.66. The highest BCUT2D eigenvalue weighted by atomic mass is 35.5. The minimum absolute atomic E-state index is 0.0185. The average molecular weight is 647 g/mol. The van der Waals surface area contributed by atoms with Crippen LogP contribution in [0.25, 0.3) is 28.0 Å². The minimum atomic E-state index is -3.92. The first-order chi connectivity index (χ1) is 20.8. The number of carbonyl (C=O) groups excluding carboxylic acids is 1. The zero-order valence-corrected chi connectivity index (χ0v) is 25.3. The van der Waals surface area contributed by atoms with Gasteiger partial charge < -0.3 is 9.80 Å². The van der Waals surface area contributed by atoms with E-state index in [4.69, 9.17) is 11.6 Å². The number of aromatic nitrogens is 4. The fourth-order valence-corrected chi connectivity index (χ4v) is 6.41. The number of halogens is 4. The van der Waals surface area contributed by atoms with E-state index in [1.54, 1.807) is 11.8 Å². The summed E-state index contributed by atoms with van der Waals surface area (Å²) in [7, 11) is -3.92. The molecule has 1 aromatic carbocycles. The van der Waals surface area contributed by atoms with Gasteiger partial charge in [0.25, 0.3) is 0 Å². The molecule has 0 radical (unpaired) electrons. The monoisotopic (exact) mass is 646 g/mol. The number of pyridine rings is 2. The molecule has 0 unspecified atom stereocenters. The zero-order valence-electron chi connectivity index (χ0n) is 23.8. The molecular formula is C29H26ClF3N6O4S. The van der Waals surface area contributed by atoms with Crippen LogP contribution < -0.4 is 10.6 Å². The van der Waals surface area contributed by atoms with Gasteiger partial charge in [-0.05, 0) is 44.2 Å². The molecule has 1 amide bonds. The van der Waals surface area contributed by atoms with Crippen molar-refractivity contribution in [3.8, 4) is 16.9 Å². The molecule has 1 aliphatic rings. The number of aryl methyl sites for hydroxylation is 1. The molecule has 15 heteroatoms. The smallest absolute Gasteiger partial charge is 0.350 e. The Bertz CT molecular complexity index is 1980. The number of rotatable bonds is 6. The first-order valence-corrected chi connectivity index (χ1v) is 15.6. The summed E-state index contributed by atoms with van der Waals surface area (Å²) in [4.78, 5) is 42.1. The number of nitrogens with zero attached hydrogens (tertiary/aromatic N) is 6. The van der Waals surface area contributed by atoms with Crippen LogP contribution in [0.2, 0.25) is 5.02 Å². The molecule has 44 heavy (non-hydrogen) atoms. The number of anilines is 1. The van der Waals surface area contributed by atoms with Gasteiger partial charge in [0.15, 0.2) is 21.3 Å². The molecule has 3 aromatic heterocycles. The molecule has 0 aliphatic carbocycles. The molecule has 5 rings (SSSR count). The van der Waals surface area contributed by atoms with Crippen molar-refractivity contribution in [1.82, 2.24) is 24.4 Å². The Hall–Kier alpha value is -4.30. The van der Waals surface area contributed by atoms with E-state index in [9.17, 15) is 26.8 Å². The van der Waals surface area contributed by atoms with Gasteiger partial charge in [0.05, 0.1) is 32.2 Å². The standard InChI is InChI=1S/C29H26ClF3N6O4S/c1-16-15-37(23(40)8-5-10-31)12-13-38(16)27-18-14-21(33)25(24-19(30)6-4-7-20(24)32)35-28(18)39(29(41)36-27)26-17(2)34-11-9-22(26)44(3,42)43/h4-9,11,14,16H,10,12-13,15H2,1-3H3/b8-5+/t16-/m0/s1. The second-order valence-electron chi connectivity index (χ2n) is 10.2. The SMILES string of the molecule is Cc1nccc(S(C)(=O)=O)c1-n1c(=O)nc(N2CCN(C(=O)/C=C/CF)C[C@@H]2C)c2cc(F)c(-c3c(F)cccc3Cl)nc21.